The lowest BCUT2D eigenvalue weighted by Crippen LogP contribution is -2.37. The molecule has 5 nitrogen and oxygen atoms in total. The quantitative estimate of drug-likeness (QED) is 0.394. The number of hydrogen-bond donors (Lipinski definition) is 5. The number of aliphatic hydroxyl groups is 4. The second-order valence-electron chi connectivity index (χ2n) is 4.05. The van der Waals surface area contributed by atoms with Crippen molar-refractivity contribution in [3.05, 3.63) is 25.1 Å². The number of phenols is 1. The van der Waals surface area contributed by atoms with E-state index < -0.39 is 31.8 Å². The molecular weight excluding hydrogens is 389 g/mol. The van der Waals surface area contributed by atoms with Gasteiger partial charge < -0.3 is 25.5 Å². The topological polar surface area (TPSA) is 101 Å². The number of aromatic hydroxyl groups is 1. The van der Waals surface area contributed by atoms with Gasteiger partial charge in [0.25, 0.3) is 0 Å². The molecule has 0 unspecified atom stereocenters. The Balaban J connectivity index is 0.000000400. The van der Waals surface area contributed by atoms with Crippen LogP contribution in [0.25, 0.3) is 0 Å². The molecule has 0 amide bonds. The van der Waals surface area contributed by atoms with Gasteiger partial charge in [-0.1, -0.05) is 58.0 Å². The molecular formula is C11H13Cl5O5. The van der Waals surface area contributed by atoms with Gasteiger partial charge >= 0.3 is 0 Å². The van der Waals surface area contributed by atoms with Crippen LogP contribution >= 0.6 is 58.0 Å². The van der Waals surface area contributed by atoms with E-state index in [0.717, 1.165) is 0 Å². The van der Waals surface area contributed by atoms with Crippen LogP contribution in [0.3, 0.4) is 0 Å². The molecule has 1 aromatic rings. The predicted octanol–water partition coefficient (Wildman–Crippen LogP) is 2.60. The van der Waals surface area contributed by atoms with Crippen LogP contribution in [0, 0.1) is 5.41 Å². The van der Waals surface area contributed by atoms with Gasteiger partial charge in [-0.25, -0.2) is 0 Å². The van der Waals surface area contributed by atoms with Gasteiger partial charge in [0.15, 0.2) is 5.75 Å². The van der Waals surface area contributed by atoms with Crippen LogP contribution in [0.1, 0.15) is 0 Å². The molecule has 0 fully saturated rings. The van der Waals surface area contributed by atoms with Crippen molar-refractivity contribution in [2.45, 2.75) is 0 Å². The van der Waals surface area contributed by atoms with E-state index >= 15 is 0 Å². The molecule has 0 aliphatic heterocycles. The summed E-state index contributed by atoms with van der Waals surface area (Å²) in [5, 5.41) is 43.0. The Bertz CT molecular complexity index is 356. The maximum atomic E-state index is 9.20. The number of hydrogen-bond acceptors (Lipinski definition) is 5. The van der Waals surface area contributed by atoms with Gasteiger partial charge in [-0.3, -0.25) is 0 Å². The smallest absolute Gasteiger partial charge is 0.155 e. The monoisotopic (exact) mass is 400 g/mol. The standard InChI is InChI=1S/C6HCl5O.C5H12O4/c7-1-2(8)4(10)6(12)5(11)3(1)9;6-1-5(2-7,3-8)4-9/h12H;6-9H,1-4H2. The Hall–Kier alpha value is 0.310. The number of aliphatic hydroxyl groups excluding tert-OH is 4. The summed E-state index contributed by atoms with van der Waals surface area (Å²) in [5.74, 6) is -0.363. The highest BCUT2D eigenvalue weighted by Crippen LogP contribution is 2.47. The number of phenolic OH excluding ortho intramolecular Hbond substituents is 1. The van der Waals surface area contributed by atoms with E-state index in [1.54, 1.807) is 0 Å². The van der Waals surface area contributed by atoms with Gasteiger partial charge in [-0.05, 0) is 0 Å². The van der Waals surface area contributed by atoms with E-state index in [-0.39, 0.29) is 30.9 Å². The minimum atomic E-state index is -1.11. The van der Waals surface area contributed by atoms with Crippen molar-refractivity contribution < 1.29 is 25.5 Å². The summed E-state index contributed by atoms with van der Waals surface area (Å²) in [6.45, 7) is -1.62. The molecule has 21 heavy (non-hydrogen) atoms. The van der Waals surface area contributed by atoms with Crippen LogP contribution < -0.4 is 0 Å². The van der Waals surface area contributed by atoms with Crippen molar-refractivity contribution in [2.75, 3.05) is 26.4 Å². The van der Waals surface area contributed by atoms with Gasteiger partial charge in [0.05, 0.1) is 46.9 Å². The van der Waals surface area contributed by atoms with Crippen LogP contribution in [0.2, 0.25) is 25.1 Å². The highest BCUT2D eigenvalue weighted by atomic mass is 35.5. The third kappa shape index (κ3) is 5.16. The largest absolute Gasteiger partial charge is 0.505 e. The molecule has 1 rings (SSSR count). The van der Waals surface area contributed by atoms with Crippen molar-refractivity contribution in [3.63, 3.8) is 0 Å². The van der Waals surface area contributed by atoms with E-state index in [2.05, 4.69) is 0 Å². The molecule has 0 aliphatic rings. The fourth-order valence-corrected chi connectivity index (χ4v) is 2.02. The minimum Gasteiger partial charge on any atom is -0.505 e. The Morgan fingerprint density at radius 1 is 0.571 bits per heavy atom. The number of rotatable bonds is 4. The molecule has 0 heterocycles. The highest BCUT2D eigenvalue weighted by Gasteiger charge is 2.26. The van der Waals surface area contributed by atoms with Crippen LogP contribution in [-0.2, 0) is 0 Å². The van der Waals surface area contributed by atoms with Crippen molar-refractivity contribution in [1.29, 1.82) is 0 Å². The summed E-state index contributed by atoms with van der Waals surface area (Å²) < 4.78 is 0. The molecule has 0 spiro atoms. The second kappa shape index (κ2) is 9.45. The average molecular weight is 402 g/mol. The third-order valence-electron chi connectivity index (χ3n) is 2.53. The number of benzene rings is 1. The fraction of sp³-hybridized carbons (Fsp3) is 0.455. The first-order valence-electron chi connectivity index (χ1n) is 5.35. The minimum absolute atomic E-state index is 0.00904. The van der Waals surface area contributed by atoms with Crippen molar-refractivity contribution in [2.24, 2.45) is 5.41 Å². The molecule has 0 radical (unpaired) electrons. The normalized spacial score (nSPS) is 11.1. The maximum Gasteiger partial charge on any atom is 0.155 e. The first-order chi connectivity index (χ1) is 9.71. The fourth-order valence-electron chi connectivity index (χ4n) is 0.893. The van der Waals surface area contributed by atoms with Crippen molar-refractivity contribution >= 4 is 58.0 Å². The van der Waals surface area contributed by atoms with E-state index in [0.29, 0.717) is 0 Å². The molecule has 0 aromatic heterocycles. The molecule has 0 saturated carbocycles. The highest BCUT2D eigenvalue weighted by molar-refractivity contribution is 6.55. The summed E-state index contributed by atoms with van der Waals surface area (Å²) in [5.41, 5.74) is -1.11. The van der Waals surface area contributed by atoms with E-state index in [1.165, 1.54) is 0 Å². The lowest BCUT2D eigenvalue weighted by atomic mass is 9.93. The third-order valence-corrected chi connectivity index (χ3v) is 4.79. The van der Waals surface area contributed by atoms with Gasteiger partial charge in [0.2, 0.25) is 0 Å². The molecule has 0 atom stereocenters. The Kier molecular flexibility index (Phi) is 9.59. The lowest BCUT2D eigenvalue weighted by molar-refractivity contribution is -0.0328. The van der Waals surface area contributed by atoms with E-state index in [9.17, 15) is 5.11 Å². The Morgan fingerprint density at radius 3 is 1.00 bits per heavy atom. The zero-order valence-electron chi connectivity index (χ0n) is 10.5. The molecule has 5 N–H and O–H groups in total. The van der Waals surface area contributed by atoms with Crippen LogP contribution in [0.15, 0.2) is 0 Å². The van der Waals surface area contributed by atoms with Gasteiger partial charge in [-0.2, -0.15) is 0 Å². The van der Waals surface area contributed by atoms with Crippen molar-refractivity contribution in [3.8, 4) is 5.75 Å². The average Bonchev–Trinajstić information content (AvgIpc) is 2.52. The zero-order valence-corrected chi connectivity index (χ0v) is 14.2. The predicted molar refractivity (Wildman–Crippen MR) is 83.9 cm³/mol. The van der Waals surface area contributed by atoms with Gasteiger partial charge in [-0.15, -0.1) is 0 Å². The molecule has 122 valence electrons. The van der Waals surface area contributed by atoms with Crippen molar-refractivity contribution in [1.82, 2.24) is 0 Å². The first kappa shape index (κ1) is 21.3. The lowest BCUT2D eigenvalue weighted by Gasteiger charge is -2.23. The molecule has 1 aromatic carbocycles. The zero-order chi connectivity index (χ0) is 16.8. The number of halogens is 5. The summed E-state index contributed by atoms with van der Waals surface area (Å²) in [4.78, 5) is 0. The Labute approximate surface area is 146 Å². The summed E-state index contributed by atoms with van der Waals surface area (Å²) >= 11 is 27.9. The van der Waals surface area contributed by atoms with Crippen LogP contribution in [0.4, 0.5) is 0 Å². The molecule has 10 heteroatoms. The van der Waals surface area contributed by atoms with Gasteiger partial charge in [0, 0.05) is 0 Å². The van der Waals surface area contributed by atoms with Crippen LogP contribution in [0.5, 0.6) is 5.75 Å². The Morgan fingerprint density at radius 2 is 0.810 bits per heavy atom. The summed E-state index contributed by atoms with van der Waals surface area (Å²) in [6.07, 6.45) is 0. The molecule has 0 bridgehead atoms. The van der Waals surface area contributed by atoms with Crippen LogP contribution in [-0.4, -0.2) is 52.0 Å². The SMILES string of the molecule is OCC(CO)(CO)CO.Oc1c(Cl)c(Cl)c(Cl)c(Cl)c1Cl. The first-order valence-corrected chi connectivity index (χ1v) is 7.24. The van der Waals surface area contributed by atoms with E-state index in [4.69, 9.17) is 78.4 Å². The second-order valence-corrected chi connectivity index (χ2v) is 5.94. The van der Waals surface area contributed by atoms with E-state index in [1.807, 2.05) is 0 Å². The summed E-state index contributed by atoms with van der Waals surface area (Å²) in [6, 6.07) is 0. The van der Waals surface area contributed by atoms with Gasteiger partial charge in [0.1, 0.15) is 10.0 Å². The molecule has 0 saturated heterocycles. The summed E-state index contributed by atoms with van der Waals surface area (Å²) in [7, 11) is 0. The molecule has 0 aliphatic carbocycles. The maximum absolute atomic E-state index is 9.20.